The van der Waals surface area contributed by atoms with E-state index in [1.807, 2.05) is 49.1 Å². The van der Waals surface area contributed by atoms with E-state index in [1.54, 1.807) is 0 Å². The van der Waals surface area contributed by atoms with Crippen molar-refractivity contribution in [3.63, 3.8) is 0 Å². The highest BCUT2D eigenvalue weighted by Gasteiger charge is 2.18. The van der Waals surface area contributed by atoms with Gasteiger partial charge in [-0.25, -0.2) is 4.98 Å². The Labute approximate surface area is 177 Å². The summed E-state index contributed by atoms with van der Waals surface area (Å²) in [6.07, 6.45) is 1.05. The molecule has 0 atom stereocenters. The Morgan fingerprint density at radius 3 is 2.67 bits per heavy atom. The van der Waals surface area contributed by atoms with Gasteiger partial charge in [-0.15, -0.1) is 0 Å². The number of para-hydroxylation sites is 1. The summed E-state index contributed by atoms with van der Waals surface area (Å²) in [5.41, 5.74) is 3.67. The molecule has 2 N–H and O–H groups in total. The average Bonchev–Trinajstić information content (AvgIpc) is 2.72. The molecule has 2 amide bonds. The lowest BCUT2D eigenvalue weighted by atomic mass is 10.1. The maximum atomic E-state index is 12.5. The monoisotopic (exact) mass is 410 g/mol. The summed E-state index contributed by atoms with van der Waals surface area (Å²) in [6, 6.07) is 9.71. The predicted molar refractivity (Wildman–Crippen MR) is 116 cm³/mol. The number of nitrogens with one attached hydrogen (secondary N) is 2. The Morgan fingerprint density at radius 2 is 1.93 bits per heavy atom. The molecule has 2 heterocycles. The zero-order valence-electron chi connectivity index (χ0n) is 18.0. The van der Waals surface area contributed by atoms with Gasteiger partial charge in [0, 0.05) is 57.3 Å². The number of hydrogen-bond acceptors (Lipinski definition) is 5. The Morgan fingerprint density at radius 1 is 1.20 bits per heavy atom. The molecule has 0 aliphatic carbocycles. The Hall–Kier alpha value is -2.93. The molecule has 1 aliphatic heterocycles. The fourth-order valence-electron chi connectivity index (χ4n) is 3.57. The van der Waals surface area contributed by atoms with Crippen LogP contribution in [0.5, 0.6) is 11.6 Å². The van der Waals surface area contributed by atoms with Crippen molar-refractivity contribution < 1.29 is 14.3 Å². The summed E-state index contributed by atoms with van der Waals surface area (Å²) >= 11 is 0. The first-order chi connectivity index (χ1) is 14.4. The standard InChI is InChI=1S/C23H30N4O3/c1-16-14-17(2)26-23(20(16)15-25-18(3)28)30-21-7-5-4-6-19(21)8-9-22(29)27-12-10-24-11-13-27/h4-7,14,24H,8-13,15H2,1-3H3,(H,25,28). The molecule has 1 aliphatic rings. The number of piperazine rings is 1. The van der Waals surface area contributed by atoms with Crippen LogP contribution in [0.15, 0.2) is 30.3 Å². The minimum absolute atomic E-state index is 0.104. The summed E-state index contributed by atoms with van der Waals surface area (Å²) in [7, 11) is 0. The molecule has 0 unspecified atom stereocenters. The van der Waals surface area contributed by atoms with Crippen LogP contribution in [0.1, 0.15) is 35.7 Å². The highest BCUT2D eigenvalue weighted by atomic mass is 16.5. The smallest absolute Gasteiger partial charge is 0.224 e. The first-order valence-electron chi connectivity index (χ1n) is 10.4. The molecule has 0 saturated carbocycles. The number of nitrogens with zero attached hydrogens (tertiary/aromatic N) is 2. The molecule has 160 valence electrons. The van der Waals surface area contributed by atoms with Gasteiger partial charge in [0.1, 0.15) is 5.75 Å². The van der Waals surface area contributed by atoms with Crippen LogP contribution in [0.3, 0.4) is 0 Å². The van der Waals surface area contributed by atoms with Crippen molar-refractivity contribution in [1.29, 1.82) is 0 Å². The molecule has 7 heteroatoms. The highest BCUT2D eigenvalue weighted by molar-refractivity contribution is 5.76. The van der Waals surface area contributed by atoms with Crippen LogP contribution in [-0.4, -0.2) is 47.9 Å². The minimum Gasteiger partial charge on any atom is -0.438 e. The van der Waals surface area contributed by atoms with E-state index in [2.05, 4.69) is 15.6 Å². The van der Waals surface area contributed by atoms with Crippen LogP contribution in [0.2, 0.25) is 0 Å². The lowest BCUT2D eigenvalue weighted by Crippen LogP contribution is -2.46. The third kappa shape index (κ3) is 5.79. The summed E-state index contributed by atoms with van der Waals surface area (Å²) < 4.78 is 6.22. The van der Waals surface area contributed by atoms with E-state index in [1.165, 1.54) is 6.92 Å². The molecule has 1 saturated heterocycles. The molecule has 0 bridgehead atoms. The molecular formula is C23H30N4O3. The quantitative estimate of drug-likeness (QED) is 0.733. The van der Waals surface area contributed by atoms with E-state index in [4.69, 9.17) is 4.74 Å². The average molecular weight is 411 g/mol. The van der Waals surface area contributed by atoms with Gasteiger partial charge in [0.15, 0.2) is 0 Å². The van der Waals surface area contributed by atoms with E-state index < -0.39 is 0 Å². The zero-order chi connectivity index (χ0) is 21.5. The van der Waals surface area contributed by atoms with E-state index in [0.29, 0.717) is 31.0 Å². The number of aryl methyl sites for hydroxylation is 3. The minimum atomic E-state index is -0.104. The van der Waals surface area contributed by atoms with Crippen molar-refractivity contribution in [1.82, 2.24) is 20.5 Å². The molecule has 0 radical (unpaired) electrons. The van der Waals surface area contributed by atoms with Gasteiger partial charge in [0.25, 0.3) is 0 Å². The summed E-state index contributed by atoms with van der Waals surface area (Å²) in [4.78, 5) is 30.4. The fraction of sp³-hybridized carbons (Fsp3) is 0.435. The van der Waals surface area contributed by atoms with Gasteiger partial charge in [0.2, 0.25) is 17.7 Å². The molecule has 7 nitrogen and oxygen atoms in total. The maximum Gasteiger partial charge on any atom is 0.224 e. The number of carbonyl (C=O) groups excluding carboxylic acids is 2. The second-order valence-corrected chi connectivity index (χ2v) is 7.61. The molecule has 3 rings (SSSR count). The number of amides is 2. The van der Waals surface area contributed by atoms with Crippen LogP contribution in [0, 0.1) is 13.8 Å². The van der Waals surface area contributed by atoms with Crippen molar-refractivity contribution in [2.75, 3.05) is 26.2 Å². The van der Waals surface area contributed by atoms with Crippen molar-refractivity contribution in [2.45, 2.75) is 40.2 Å². The maximum absolute atomic E-state index is 12.5. The molecule has 2 aromatic rings. The molecule has 1 fully saturated rings. The summed E-state index contributed by atoms with van der Waals surface area (Å²) in [5, 5.41) is 6.09. The van der Waals surface area contributed by atoms with Gasteiger partial charge >= 0.3 is 0 Å². The molecule has 1 aromatic heterocycles. The summed E-state index contributed by atoms with van der Waals surface area (Å²) in [6.45, 7) is 8.96. The number of carbonyl (C=O) groups is 2. The number of rotatable bonds is 7. The van der Waals surface area contributed by atoms with Gasteiger partial charge in [-0.3, -0.25) is 9.59 Å². The van der Waals surface area contributed by atoms with Crippen molar-refractivity contribution in [3.05, 3.63) is 52.7 Å². The SMILES string of the molecule is CC(=O)NCc1c(C)cc(C)nc1Oc1ccccc1CCC(=O)N1CCNCC1. The lowest BCUT2D eigenvalue weighted by molar-refractivity contribution is -0.131. The number of benzene rings is 1. The van der Waals surface area contributed by atoms with Crippen LogP contribution >= 0.6 is 0 Å². The second kappa shape index (κ2) is 10.2. The Balaban J connectivity index is 1.76. The zero-order valence-corrected chi connectivity index (χ0v) is 18.0. The Kier molecular flexibility index (Phi) is 7.41. The van der Waals surface area contributed by atoms with Crippen LogP contribution < -0.4 is 15.4 Å². The van der Waals surface area contributed by atoms with Crippen molar-refractivity contribution in [2.24, 2.45) is 0 Å². The number of ether oxygens (including phenoxy) is 1. The third-order valence-corrected chi connectivity index (χ3v) is 5.21. The number of hydrogen-bond donors (Lipinski definition) is 2. The van der Waals surface area contributed by atoms with Gasteiger partial charge in [-0.1, -0.05) is 18.2 Å². The largest absolute Gasteiger partial charge is 0.438 e. The topological polar surface area (TPSA) is 83.6 Å². The molecule has 0 spiro atoms. The number of aromatic nitrogens is 1. The van der Waals surface area contributed by atoms with Gasteiger partial charge in [0.05, 0.1) is 0 Å². The number of pyridine rings is 1. The van der Waals surface area contributed by atoms with Crippen molar-refractivity contribution >= 4 is 11.8 Å². The fourth-order valence-corrected chi connectivity index (χ4v) is 3.57. The first kappa shape index (κ1) is 21.8. The molecular weight excluding hydrogens is 380 g/mol. The third-order valence-electron chi connectivity index (χ3n) is 5.21. The van der Waals surface area contributed by atoms with Gasteiger partial charge in [-0.2, -0.15) is 0 Å². The summed E-state index contributed by atoms with van der Waals surface area (Å²) in [5.74, 6) is 1.24. The molecule has 30 heavy (non-hydrogen) atoms. The van der Waals surface area contributed by atoms with Crippen LogP contribution in [-0.2, 0) is 22.6 Å². The van der Waals surface area contributed by atoms with Crippen molar-refractivity contribution in [3.8, 4) is 11.6 Å². The van der Waals surface area contributed by atoms with Gasteiger partial charge in [-0.05, 0) is 43.5 Å². The van der Waals surface area contributed by atoms with Crippen LogP contribution in [0.4, 0.5) is 0 Å². The van der Waals surface area contributed by atoms with E-state index in [0.717, 1.165) is 48.6 Å². The van der Waals surface area contributed by atoms with E-state index in [-0.39, 0.29) is 11.8 Å². The lowest BCUT2D eigenvalue weighted by Gasteiger charge is -2.27. The highest BCUT2D eigenvalue weighted by Crippen LogP contribution is 2.29. The van der Waals surface area contributed by atoms with E-state index >= 15 is 0 Å². The van der Waals surface area contributed by atoms with Crippen LogP contribution in [0.25, 0.3) is 0 Å². The van der Waals surface area contributed by atoms with Gasteiger partial charge < -0.3 is 20.3 Å². The second-order valence-electron chi connectivity index (χ2n) is 7.61. The first-order valence-corrected chi connectivity index (χ1v) is 10.4. The predicted octanol–water partition coefficient (Wildman–Crippen LogP) is 2.49. The van der Waals surface area contributed by atoms with E-state index in [9.17, 15) is 9.59 Å². The molecule has 1 aromatic carbocycles. The Bertz CT molecular complexity index is 907. The normalized spacial score (nSPS) is 13.8.